The van der Waals surface area contributed by atoms with Gasteiger partial charge in [0.05, 0.1) is 86.1 Å². The molecule has 0 aliphatic rings. The summed E-state index contributed by atoms with van der Waals surface area (Å²) in [6.45, 7) is 25.7. The number of pyridine rings is 2. The number of ketones is 1. The van der Waals surface area contributed by atoms with Gasteiger partial charge in [0.2, 0.25) is 0 Å². The Morgan fingerprint density at radius 3 is 1.46 bits per heavy atom. The molecule has 18 heteroatoms. The number of carbonyl (C=O) groups excluding carboxylic acids is 1. The van der Waals surface area contributed by atoms with Crippen LogP contribution in [-0.2, 0) is 8.85 Å². The second-order valence-electron chi connectivity index (χ2n) is 23.0. The third kappa shape index (κ3) is 13.6. The van der Waals surface area contributed by atoms with E-state index in [0.29, 0.717) is 28.2 Å². The lowest BCUT2D eigenvalue weighted by Gasteiger charge is -2.37. The van der Waals surface area contributed by atoms with E-state index >= 15 is 0 Å². The Bertz CT molecular complexity index is 3560. The number of hydrogen-bond donors (Lipinski definition) is 1. The fraction of sp³-hybridized carbons (Fsp3) is 0.339. The summed E-state index contributed by atoms with van der Waals surface area (Å²) in [5.74, 6) is -0.127. The molecule has 0 radical (unpaired) electrons. The molecule has 0 saturated heterocycles. The molecule has 0 aliphatic carbocycles. The maximum Gasteiger partial charge on any atom is 0.262 e. The number of hydrogen-bond acceptors (Lipinski definition) is 10. The number of aromatic nitrogens is 6. The zero-order valence-corrected chi connectivity index (χ0v) is 50.2. The fourth-order valence-electron chi connectivity index (χ4n) is 8.51. The number of methoxy groups -OCH3 is 2. The van der Waals surface area contributed by atoms with Crippen LogP contribution in [0.15, 0.2) is 156 Å². The SMILES string of the molecule is COc1cc(C(=O)c2cccn(C(CO[Si](C)(C)C(C)(C)C)c3ccc(F)cc3)c2=O)ccc1-n1cnc(C)c1.COc1cc(C(O)c2cccn(C(CO[Si](C)(C)C(C)(C)C)c3ccc(F)cc3)c2=O)ccc1-n1cnc(C)c1. The number of aryl methyl sites for hydroxylation is 2. The smallest absolute Gasteiger partial charge is 0.262 e. The van der Waals surface area contributed by atoms with Crippen molar-refractivity contribution in [2.24, 2.45) is 0 Å². The van der Waals surface area contributed by atoms with Crippen LogP contribution < -0.4 is 20.6 Å². The second kappa shape index (κ2) is 24.6. The molecule has 422 valence electrons. The molecular weight excluding hydrogens is 1050 g/mol. The molecule has 0 aliphatic heterocycles. The van der Waals surface area contributed by atoms with Gasteiger partial charge in [-0.05, 0) is 146 Å². The van der Waals surface area contributed by atoms with Gasteiger partial charge in [-0.2, -0.15) is 0 Å². The number of rotatable bonds is 18. The highest BCUT2D eigenvalue weighted by molar-refractivity contribution is 6.74. The van der Waals surface area contributed by atoms with Gasteiger partial charge in [0.1, 0.15) is 29.2 Å². The number of halogens is 2. The maximum atomic E-state index is 13.9. The van der Waals surface area contributed by atoms with E-state index in [9.17, 15) is 28.3 Å². The first-order valence-corrected chi connectivity index (χ1v) is 32.3. The van der Waals surface area contributed by atoms with Crippen LogP contribution in [-0.4, -0.2) is 83.2 Å². The summed E-state index contributed by atoms with van der Waals surface area (Å²) in [7, 11) is -1.23. The average molecular weight is 1130 g/mol. The zero-order valence-electron chi connectivity index (χ0n) is 48.2. The van der Waals surface area contributed by atoms with Crippen LogP contribution in [0.3, 0.4) is 0 Å². The summed E-state index contributed by atoms with van der Waals surface area (Å²) >= 11 is 0. The van der Waals surface area contributed by atoms with E-state index in [0.717, 1.165) is 28.3 Å². The number of imidazole rings is 2. The largest absolute Gasteiger partial charge is 0.495 e. The summed E-state index contributed by atoms with van der Waals surface area (Å²) in [5, 5.41) is 11.3. The third-order valence-electron chi connectivity index (χ3n) is 15.5. The lowest BCUT2D eigenvalue weighted by Crippen LogP contribution is -2.43. The van der Waals surface area contributed by atoms with Gasteiger partial charge in [-0.3, -0.25) is 14.4 Å². The van der Waals surface area contributed by atoms with E-state index in [4.69, 9.17) is 18.3 Å². The molecule has 4 aromatic heterocycles. The number of carbonyl (C=O) groups is 1. The van der Waals surface area contributed by atoms with Crippen LogP contribution in [0.5, 0.6) is 11.5 Å². The van der Waals surface area contributed by atoms with Crippen molar-refractivity contribution >= 4 is 22.4 Å². The van der Waals surface area contributed by atoms with Crippen LogP contribution in [0, 0.1) is 25.5 Å². The summed E-state index contributed by atoms with van der Waals surface area (Å²) < 4.78 is 58.5. The molecule has 1 N–H and O–H groups in total. The standard InChI is InChI=1S/C31H38FN3O4Si.C31H36FN3O4Si/c2*1-21-18-34(20-33-21)26-15-12-23(17-28(26)38-5)29(36)25-9-8-16-35(30(25)37)27(22-10-13-24(32)14-11-22)19-39-40(6,7)31(2,3)4/h8-18,20,27,29,36H,19H2,1-7H3;8-18,20,27H,19H2,1-7H3. The number of aliphatic hydroxyl groups is 1. The summed E-state index contributed by atoms with van der Waals surface area (Å²) in [6.07, 6.45) is 9.25. The molecule has 0 bridgehead atoms. The monoisotopic (exact) mass is 1120 g/mol. The molecule has 3 unspecified atom stereocenters. The van der Waals surface area contributed by atoms with Crippen molar-refractivity contribution in [3.63, 3.8) is 0 Å². The van der Waals surface area contributed by atoms with Gasteiger partial charge in [-0.25, -0.2) is 18.7 Å². The van der Waals surface area contributed by atoms with Gasteiger partial charge in [0.15, 0.2) is 22.4 Å². The predicted molar refractivity (Wildman–Crippen MR) is 314 cm³/mol. The number of ether oxygens (including phenoxy) is 2. The summed E-state index contributed by atoms with van der Waals surface area (Å²) in [5.41, 5.74) is 4.95. The number of benzene rings is 4. The van der Waals surface area contributed by atoms with E-state index in [1.165, 1.54) is 42.0 Å². The van der Waals surface area contributed by atoms with Crippen LogP contribution in [0.1, 0.15) is 109 Å². The lowest BCUT2D eigenvalue weighted by atomic mass is 10.0. The number of aliphatic hydroxyl groups excluding tert-OH is 1. The van der Waals surface area contributed by atoms with Crippen molar-refractivity contribution in [2.75, 3.05) is 27.4 Å². The Balaban J connectivity index is 0.000000231. The Labute approximate surface area is 469 Å². The second-order valence-corrected chi connectivity index (χ2v) is 32.6. The molecule has 80 heavy (non-hydrogen) atoms. The third-order valence-corrected chi connectivity index (χ3v) is 24.5. The lowest BCUT2D eigenvalue weighted by molar-refractivity contribution is 0.103. The van der Waals surface area contributed by atoms with E-state index in [1.54, 1.807) is 110 Å². The molecular formula is C62H74F2N6O8Si2. The van der Waals surface area contributed by atoms with Crippen LogP contribution >= 0.6 is 0 Å². The molecule has 4 aromatic carbocycles. The first-order chi connectivity index (χ1) is 37.6. The normalized spacial score (nSPS) is 13.3. The van der Waals surface area contributed by atoms with E-state index in [1.807, 2.05) is 41.4 Å². The van der Waals surface area contributed by atoms with Crippen molar-refractivity contribution in [2.45, 2.75) is 110 Å². The molecule has 3 atom stereocenters. The Kier molecular flexibility index (Phi) is 18.5. The molecule has 0 amide bonds. The van der Waals surface area contributed by atoms with Crippen molar-refractivity contribution in [1.82, 2.24) is 28.2 Å². The molecule has 8 rings (SSSR count). The average Bonchev–Trinajstić information content (AvgIpc) is 4.06. The molecule has 14 nitrogen and oxygen atoms in total. The summed E-state index contributed by atoms with van der Waals surface area (Å²) in [6, 6.07) is 28.0. The highest BCUT2D eigenvalue weighted by atomic mass is 28.4. The Hall–Kier alpha value is -7.36. The molecule has 4 heterocycles. The molecule has 8 aromatic rings. The molecule has 0 fully saturated rings. The van der Waals surface area contributed by atoms with E-state index in [-0.39, 0.29) is 51.6 Å². The molecule has 0 spiro atoms. The Morgan fingerprint density at radius 1 is 0.600 bits per heavy atom. The quantitative estimate of drug-likeness (QED) is 0.0649. The fourth-order valence-corrected chi connectivity index (χ4v) is 10.5. The first kappa shape index (κ1) is 60.3. The van der Waals surface area contributed by atoms with Crippen molar-refractivity contribution in [3.8, 4) is 22.9 Å². The minimum Gasteiger partial charge on any atom is -0.495 e. The van der Waals surface area contributed by atoms with Gasteiger partial charge in [0.25, 0.3) is 11.1 Å². The minimum atomic E-state index is -2.17. The zero-order chi connectivity index (χ0) is 58.5. The maximum absolute atomic E-state index is 13.9. The van der Waals surface area contributed by atoms with Crippen molar-refractivity contribution in [3.05, 3.63) is 224 Å². The van der Waals surface area contributed by atoms with Gasteiger partial charge in [-0.1, -0.05) is 71.9 Å². The van der Waals surface area contributed by atoms with E-state index in [2.05, 4.69) is 77.7 Å². The highest BCUT2D eigenvalue weighted by Crippen LogP contribution is 2.39. The Morgan fingerprint density at radius 2 is 1.02 bits per heavy atom. The topological polar surface area (TPSA) is 154 Å². The summed E-state index contributed by atoms with van der Waals surface area (Å²) in [4.78, 5) is 49.8. The van der Waals surface area contributed by atoms with Crippen LogP contribution in [0.2, 0.25) is 36.3 Å². The van der Waals surface area contributed by atoms with Crippen LogP contribution in [0.4, 0.5) is 8.78 Å². The predicted octanol–water partition coefficient (Wildman–Crippen LogP) is 12.5. The van der Waals surface area contributed by atoms with Crippen molar-refractivity contribution < 1.29 is 37.0 Å². The molecule has 0 saturated carbocycles. The van der Waals surface area contributed by atoms with Gasteiger partial charge >= 0.3 is 0 Å². The van der Waals surface area contributed by atoms with E-state index < -0.39 is 46.2 Å². The minimum absolute atomic E-state index is 0.0233. The van der Waals surface area contributed by atoms with Gasteiger partial charge in [0, 0.05) is 30.4 Å². The van der Waals surface area contributed by atoms with Gasteiger partial charge < -0.3 is 41.7 Å². The highest BCUT2D eigenvalue weighted by Gasteiger charge is 2.39. The first-order valence-electron chi connectivity index (χ1n) is 26.5. The number of nitrogens with zero attached hydrogens (tertiary/aromatic N) is 6. The van der Waals surface area contributed by atoms with Gasteiger partial charge in [-0.15, -0.1) is 0 Å². The van der Waals surface area contributed by atoms with Crippen LogP contribution in [0.25, 0.3) is 11.4 Å². The van der Waals surface area contributed by atoms with Crippen molar-refractivity contribution in [1.29, 1.82) is 0 Å².